The van der Waals surface area contributed by atoms with E-state index in [1.54, 1.807) is 12.1 Å². The Hall–Kier alpha value is -1.97. The van der Waals surface area contributed by atoms with E-state index < -0.39 is 26.7 Å². The molecule has 0 aliphatic carbocycles. The van der Waals surface area contributed by atoms with Crippen LogP contribution in [-0.4, -0.2) is 40.5 Å². The summed E-state index contributed by atoms with van der Waals surface area (Å²) in [5.41, 5.74) is -0.162. The van der Waals surface area contributed by atoms with E-state index in [0.717, 1.165) is 22.0 Å². The zero-order valence-electron chi connectivity index (χ0n) is 16.1. The summed E-state index contributed by atoms with van der Waals surface area (Å²) in [6, 6.07) is 7.61. The Morgan fingerprint density at radius 3 is 2.28 bits per heavy atom. The highest BCUT2D eigenvalue weighted by atomic mass is 35.5. The van der Waals surface area contributed by atoms with Crippen LogP contribution < -0.4 is 9.47 Å². The van der Waals surface area contributed by atoms with Crippen LogP contribution in [0.3, 0.4) is 0 Å². The van der Waals surface area contributed by atoms with Crippen LogP contribution in [0.15, 0.2) is 41.3 Å². The normalized spacial score (nSPS) is 12.3. The first-order chi connectivity index (χ1) is 13.5. The molecule has 29 heavy (non-hydrogen) atoms. The monoisotopic (exact) mass is 451 g/mol. The second-order valence-electron chi connectivity index (χ2n) is 6.26. The van der Waals surface area contributed by atoms with E-state index in [0.29, 0.717) is 30.4 Å². The predicted octanol–water partition coefficient (Wildman–Crippen LogP) is 4.63. The Bertz CT molecular complexity index is 964. The maximum Gasteiger partial charge on any atom is 0.416 e. The summed E-state index contributed by atoms with van der Waals surface area (Å²) in [5.74, 6) is 1.14. The number of sulfonamides is 1. The molecule has 0 aliphatic heterocycles. The van der Waals surface area contributed by atoms with Crippen LogP contribution in [0, 0.1) is 0 Å². The molecule has 0 aliphatic rings. The second kappa shape index (κ2) is 9.23. The van der Waals surface area contributed by atoms with Gasteiger partial charge in [-0.2, -0.15) is 13.2 Å². The molecule has 0 N–H and O–H groups in total. The molecule has 0 heterocycles. The lowest BCUT2D eigenvalue weighted by atomic mass is 10.1. The third kappa shape index (κ3) is 5.55. The molecular weight excluding hydrogens is 431 g/mol. The summed E-state index contributed by atoms with van der Waals surface area (Å²) >= 11 is 5.87. The summed E-state index contributed by atoms with van der Waals surface area (Å²) in [5, 5.41) is -0.259. The molecule has 10 heteroatoms. The number of halogens is 4. The molecule has 0 amide bonds. The van der Waals surface area contributed by atoms with Crippen molar-refractivity contribution < 1.29 is 31.1 Å². The Morgan fingerprint density at radius 2 is 1.69 bits per heavy atom. The fourth-order valence-corrected chi connectivity index (χ4v) is 4.41. The zero-order chi connectivity index (χ0) is 21.8. The van der Waals surface area contributed by atoms with Gasteiger partial charge in [0.1, 0.15) is 4.90 Å². The number of benzene rings is 2. The number of alkyl halides is 3. The van der Waals surface area contributed by atoms with Gasteiger partial charge < -0.3 is 9.47 Å². The first kappa shape index (κ1) is 23.3. The summed E-state index contributed by atoms with van der Waals surface area (Å²) < 4.78 is 75.6. The second-order valence-corrected chi connectivity index (χ2v) is 8.68. The first-order valence-corrected chi connectivity index (χ1v) is 10.4. The molecule has 0 saturated carbocycles. The highest BCUT2D eigenvalue weighted by Crippen LogP contribution is 2.34. The molecule has 0 aromatic heterocycles. The topological polar surface area (TPSA) is 55.8 Å². The maximum absolute atomic E-state index is 12.9. The Balaban J connectivity index is 2.12. The lowest BCUT2D eigenvalue weighted by Crippen LogP contribution is -2.28. The summed E-state index contributed by atoms with van der Waals surface area (Å²) in [7, 11) is 0.171. The molecule has 2 rings (SSSR count). The molecule has 2 aromatic rings. The van der Waals surface area contributed by atoms with Gasteiger partial charge in [0, 0.05) is 13.6 Å². The van der Waals surface area contributed by atoms with Gasteiger partial charge in [0.05, 0.1) is 24.8 Å². The number of hydrogen-bond acceptors (Lipinski definition) is 4. The third-order valence-corrected chi connectivity index (χ3v) is 6.67. The lowest BCUT2D eigenvalue weighted by Gasteiger charge is -2.19. The van der Waals surface area contributed by atoms with Crippen LogP contribution in [0.5, 0.6) is 11.5 Å². The maximum atomic E-state index is 12.9. The van der Waals surface area contributed by atoms with Crippen molar-refractivity contribution in [1.29, 1.82) is 0 Å². The van der Waals surface area contributed by atoms with Gasteiger partial charge in [-0.1, -0.05) is 17.7 Å². The Kier molecular flexibility index (Phi) is 7.42. The highest BCUT2D eigenvalue weighted by molar-refractivity contribution is 7.89. The molecule has 2 aromatic carbocycles. The van der Waals surface area contributed by atoms with Gasteiger partial charge >= 0.3 is 6.18 Å². The van der Waals surface area contributed by atoms with Crippen molar-refractivity contribution in [2.45, 2.75) is 23.9 Å². The van der Waals surface area contributed by atoms with E-state index in [-0.39, 0.29) is 11.6 Å². The van der Waals surface area contributed by atoms with Crippen molar-refractivity contribution in [1.82, 2.24) is 4.31 Å². The standard InChI is InChI=1S/C19H21ClF3NO4S/c1-24(10-4-5-13-6-9-16(27-2)17(11-13)28-3)29(25,26)18-12-14(19(21,22)23)7-8-15(18)20/h6-9,11-12H,4-5,10H2,1-3H3. The van der Waals surface area contributed by atoms with Crippen LogP contribution >= 0.6 is 11.6 Å². The van der Waals surface area contributed by atoms with Crippen LogP contribution in [0.4, 0.5) is 13.2 Å². The van der Waals surface area contributed by atoms with Gasteiger partial charge in [-0.3, -0.25) is 0 Å². The molecular formula is C19H21ClF3NO4S. The smallest absolute Gasteiger partial charge is 0.416 e. The number of rotatable bonds is 8. The Labute approximate surface area is 173 Å². The van der Waals surface area contributed by atoms with Crippen LogP contribution in [-0.2, 0) is 22.6 Å². The Morgan fingerprint density at radius 1 is 1.03 bits per heavy atom. The number of nitrogens with zero attached hydrogens (tertiary/aromatic N) is 1. The quantitative estimate of drug-likeness (QED) is 0.587. The number of methoxy groups -OCH3 is 2. The molecule has 0 saturated heterocycles. The molecule has 0 atom stereocenters. The van der Waals surface area contributed by atoms with Crippen molar-refractivity contribution in [3.63, 3.8) is 0 Å². The summed E-state index contributed by atoms with van der Waals surface area (Å²) in [4.78, 5) is -0.567. The minimum atomic E-state index is -4.67. The largest absolute Gasteiger partial charge is 0.493 e. The molecule has 0 unspecified atom stereocenters. The van der Waals surface area contributed by atoms with E-state index >= 15 is 0 Å². The molecule has 0 bridgehead atoms. The van der Waals surface area contributed by atoms with E-state index in [2.05, 4.69) is 0 Å². The van der Waals surface area contributed by atoms with Crippen LogP contribution in [0.25, 0.3) is 0 Å². The molecule has 160 valence electrons. The van der Waals surface area contributed by atoms with Crippen molar-refractivity contribution in [3.8, 4) is 11.5 Å². The molecule has 5 nitrogen and oxygen atoms in total. The molecule has 0 fully saturated rings. The first-order valence-electron chi connectivity index (χ1n) is 8.54. The van der Waals surface area contributed by atoms with Gasteiger partial charge in [-0.25, -0.2) is 12.7 Å². The summed E-state index contributed by atoms with van der Waals surface area (Å²) in [6.45, 7) is 0.100. The average Bonchev–Trinajstić information content (AvgIpc) is 2.66. The van der Waals surface area contributed by atoms with Gasteiger partial charge in [0.25, 0.3) is 0 Å². The van der Waals surface area contributed by atoms with Gasteiger partial charge in [-0.05, 0) is 48.7 Å². The number of hydrogen-bond donors (Lipinski definition) is 0. The minimum Gasteiger partial charge on any atom is -0.493 e. The molecule has 0 radical (unpaired) electrons. The minimum absolute atomic E-state index is 0.100. The average molecular weight is 452 g/mol. The fraction of sp³-hybridized carbons (Fsp3) is 0.368. The fourth-order valence-electron chi connectivity index (χ4n) is 2.71. The van der Waals surface area contributed by atoms with Crippen molar-refractivity contribution in [2.24, 2.45) is 0 Å². The van der Waals surface area contributed by atoms with Crippen molar-refractivity contribution in [3.05, 3.63) is 52.5 Å². The third-order valence-electron chi connectivity index (χ3n) is 4.33. The van der Waals surface area contributed by atoms with Gasteiger partial charge in [0.2, 0.25) is 10.0 Å². The van der Waals surface area contributed by atoms with Crippen LogP contribution in [0.2, 0.25) is 5.02 Å². The van der Waals surface area contributed by atoms with E-state index in [4.69, 9.17) is 21.1 Å². The zero-order valence-corrected chi connectivity index (χ0v) is 17.7. The number of aryl methyl sites for hydroxylation is 1. The van der Waals surface area contributed by atoms with Crippen molar-refractivity contribution >= 4 is 21.6 Å². The lowest BCUT2D eigenvalue weighted by molar-refractivity contribution is -0.137. The number of ether oxygens (including phenoxy) is 2. The SMILES string of the molecule is COc1ccc(CCCN(C)S(=O)(=O)c2cc(C(F)(F)F)ccc2Cl)cc1OC. The van der Waals surface area contributed by atoms with Gasteiger partial charge in [-0.15, -0.1) is 0 Å². The van der Waals surface area contributed by atoms with Gasteiger partial charge in [0.15, 0.2) is 11.5 Å². The van der Waals surface area contributed by atoms with E-state index in [1.807, 2.05) is 6.07 Å². The van der Waals surface area contributed by atoms with Crippen LogP contribution in [0.1, 0.15) is 17.5 Å². The highest BCUT2D eigenvalue weighted by Gasteiger charge is 2.33. The predicted molar refractivity (Wildman–Crippen MR) is 104 cm³/mol. The van der Waals surface area contributed by atoms with Crippen molar-refractivity contribution in [2.75, 3.05) is 27.8 Å². The molecule has 0 spiro atoms. The van der Waals surface area contributed by atoms with E-state index in [1.165, 1.54) is 21.3 Å². The van der Waals surface area contributed by atoms with E-state index in [9.17, 15) is 21.6 Å². The summed E-state index contributed by atoms with van der Waals surface area (Å²) in [6.07, 6.45) is -3.68.